The largest absolute Gasteiger partial charge is 0.0818 e. The molecule has 3 aromatic rings. The van der Waals surface area contributed by atoms with E-state index in [1.165, 1.54) is 42.1 Å². The number of thioether (sulfide) groups is 1. The van der Waals surface area contributed by atoms with Gasteiger partial charge < -0.3 is 0 Å². The summed E-state index contributed by atoms with van der Waals surface area (Å²) in [6.45, 7) is 2.12. The maximum Gasteiger partial charge on any atom is 0.0636 e. The summed E-state index contributed by atoms with van der Waals surface area (Å²) in [6.07, 6.45) is 0. The van der Waals surface area contributed by atoms with E-state index in [-0.39, 0.29) is 0 Å². The zero-order valence-corrected chi connectivity index (χ0v) is 15.1. The Balaban J connectivity index is 1.85. The highest BCUT2D eigenvalue weighted by Gasteiger charge is 2.25. The molecule has 0 bridgehead atoms. The molecule has 0 nitrogen and oxygen atoms in total. The van der Waals surface area contributed by atoms with E-state index in [0.29, 0.717) is 0 Å². The summed E-state index contributed by atoms with van der Waals surface area (Å²) < 4.78 is 1.17. The molecule has 1 aliphatic carbocycles. The van der Waals surface area contributed by atoms with Crippen molar-refractivity contribution in [3.05, 3.63) is 93.3 Å². The van der Waals surface area contributed by atoms with Crippen LogP contribution in [-0.4, -0.2) is 0 Å². The van der Waals surface area contributed by atoms with Gasteiger partial charge in [0.2, 0.25) is 0 Å². The molecule has 0 heterocycles. The smallest absolute Gasteiger partial charge is 0.0636 e. The standard InChI is InChI=1S/C21H15BrS/c1-14-10-12-15(13-11-14)23-21(22)20-18-8-4-2-6-16(18)17-7-3-5-9-19(17)20/h2-13H,1H3. The lowest BCUT2D eigenvalue weighted by Gasteiger charge is -2.08. The molecule has 0 aliphatic heterocycles. The van der Waals surface area contributed by atoms with Crippen molar-refractivity contribution in [2.75, 3.05) is 0 Å². The van der Waals surface area contributed by atoms with E-state index in [2.05, 4.69) is 95.7 Å². The molecular weight excluding hydrogens is 364 g/mol. The summed E-state index contributed by atoms with van der Waals surface area (Å²) in [5, 5.41) is 0. The van der Waals surface area contributed by atoms with Gasteiger partial charge in [0.05, 0.1) is 3.81 Å². The highest BCUT2D eigenvalue weighted by Crippen LogP contribution is 2.49. The van der Waals surface area contributed by atoms with Crippen LogP contribution < -0.4 is 0 Å². The Morgan fingerprint density at radius 3 is 1.70 bits per heavy atom. The molecular formula is C21H15BrS. The summed E-state index contributed by atoms with van der Waals surface area (Å²) in [6, 6.07) is 25.9. The fourth-order valence-electron chi connectivity index (χ4n) is 2.99. The first-order valence-electron chi connectivity index (χ1n) is 7.57. The van der Waals surface area contributed by atoms with Gasteiger partial charge in [0.25, 0.3) is 0 Å². The van der Waals surface area contributed by atoms with Crippen LogP contribution in [0.1, 0.15) is 16.7 Å². The van der Waals surface area contributed by atoms with Crippen molar-refractivity contribution in [2.45, 2.75) is 11.8 Å². The van der Waals surface area contributed by atoms with Gasteiger partial charge in [-0.3, -0.25) is 0 Å². The second kappa shape index (κ2) is 6.03. The van der Waals surface area contributed by atoms with Gasteiger partial charge in [-0.05, 0) is 57.2 Å². The van der Waals surface area contributed by atoms with E-state index < -0.39 is 0 Å². The van der Waals surface area contributed by atoms with Crippen LogP contribution in [0.15, 0.2) is 81.5 Å². The number of benzene rings is 3. The lowest BCUT2D eigenvalue weighted by Crippen LogP contribution is -1.83. The van der Waals surface area contributed by atoms with Gasteiger partial charge in [0.15, 0.2) is 0 Å². The topological polar surface area (TPSA) is 0 Å². The van der Waals surface area contributed by atoms with E-state index in [1.807, 2.05) is 0 Å². The molecule has 0 fully saturated rings. The van der Waals surface area contributed by atoms with Crippen LogP contribution in [0.2, 0.25) is 0 Å². The van der Waals surface area contributed by atoms with Crippen molar-refractivity contribution in [3.8, 4) is 11.1 Å². The van der Waals surface area contributed by atoms with Gasteiger partial charge in [0, 0.05) is 10.5 Å². The summed E-state index contributed by atoms with van der Waals surface area (Å²) >= 11 is 5.62. The monoisotopic (exact) mass is 378 g/mol. The van der Waals surface area contributed by atoms with Crippen molar-refractivity contribution in [3.63, 3.8) is 0 Å². The van der Waals surface area contributed by atoms with E-state index in [4.69, 9.17) is 0 Å². The molecule has 0 saturated heterocycles. The third-order valence-corrected chi connectivity index (χ3v) is 5.88. The summed E-state index contributed by atoms with van der Waals surface area (Å²) in [5.41, 5.74) is 7.83. The Morgan fingerprint density at radius 1 is 0.696 bits per heavy atom. The maximum atomic E-state index is 3.84. The van der Waals surface area contributed by atoms with Gasteiger partial charge in [0.1, 0.15) is 0 Å². The SMILES string of the molecule is Cc1ccc(SC(Br)=C2c3ccccc3-c3ccccc32)cc1. The minimum Gasteiger partial charge on any atom is -0.0818 e. The molecule has 0 spiro atoms. The van der Waals surface area contributed by atoms with Crippen LogP contribution in [0.3, 0.4) is 0 Å². The third-order valence-electron chi connectivity index (χ3n) is 4.11. The molecule has 0 aromatic heterocycles. The Morgan fingerprint density at radius 2 is 1.17 bits per heavy atom. The molecule has 0 radical (unpaired) electrons. The van der Waals surface area contributed by atoms with Crippen molar-refractivity contribution in [1.29, 1.82) is 0 Å². The molecule has 23 heavy (non-hydrogen) atoms. The Hall–Kier alpha value is -1.77. The van der Waals surface area contributed by atoms with Crippen molar-refractivity contribution >= 4 is 33.3 Å². The van der Waals surface area contributed by atoms with Gasteiger partial charge in [-0.1, -0.05) is 78.0 Å². The molecule has 4 rings (SSSR count). The lowest BCUT2D eigenvalue weighted by molar-refractivity contribution is 1.38. The van der Waals surface area contributed by atoms with E-state index >= 15 is 0 Å². The van der Waals surface area contributed by atoms with Crippen LogP contribution in [0.25, 0.3) is 16.7 Å². The first-order chi connectivity index (χ1) is 11.2. The second-order valence-electron chi connectivity index (χ2n) is 5.65. The molecule has 0 amide bonds. The predicted molar refractivity (Wildman–Crippen MR) is 104 cm³/mol. The molecule has 3 aromatic carbocycles. The zero-order valence-electron chi connectivity index (χ0n) is 12.7. The maximum absolute atomic E-state index is 3.84. The van der Waals surface area contributed by atoms with Gasteiger partial charge in [-0.2, -0.15) is 0 Å². The zero-order chi connectivity index (χ0) is 15.8. The van der Waals surface area contributed by atoms with Crippen molar-refractivity contribution in [2.24, 2.45) is 0 Å². The average molecular weight is 379 g/mol. The third kappa shape index (κ3) is 2.66. The quantitative estimate of drug-likeness (QED) is 0.342. The summed E-state index contributed by atoms with van der Waals surface area (Å²) in [4.78, 5) is 1.25. The van der Waals surface area contributed by atoms with Crippen LogP contribution in [-0.2, 0) is 0 Å². The van der Waals surface area contributed by atoms with Gasteiger partial charge in [-0.15, -0.1) is 0 Å². The van der Waals surface area contributed by atoms with Crippen LogP contribution in [0.4, 0.5) is 0 Å². The van der Waals surface area contributed by atoms with Crippen LogP contribution >= 0.6 is 27.7 Å². The van der Waals surface area contributed by atoms with E-state index in [1.54, 1.807) is 11.8 Å². The number of rotatable bonds is 2. The highest BCUT2D eigenvalue weighted by molar-refractivity contribution is 9.14. The minimum atomic E-state index is 1.17. The van der Waals surface area contributed by atoms with Crippen LogP contribution in [0.5, 0.6) is 0 Å². The van der Waals surface area contributed by atoms with E-state index in [9.17, 15) is 0 Å². The fourth-order valence-corrected chi connectivity index (χ4v) is 4.78. The Bertz CT molecular complexity index is 860. The predicted octanol–water partition coefficient (Wildman–Crippen LogP) is 6.88. The number of fused-ring (bicyclic) bond motifs is 3. The minimum absolute atomic E-state index is 1.17. The van der Waals surface area contributed by atoms with E-state index in [0.717, 1.165) is 0 Å². The second-order valence-corrected chi connectivity index (χ2v) is 8.06. The Labute approximate surface area is 149 Å². The molecule has 0 atom stereocenters. The lowest BCUT2D eigenvalue weighted by atomic mass is 10.1. The van der Waals surface area contributed by atoms with Crippen molar-refractivity contribution < 1.29 is 0 Å². The normalized spacial score (nSPS) is 12.0. The van der Waals surface area contributed by atoms with Crippen LogP contribution in [0, 0.1) is 6.92 Å². The number of aryl methyl sites for hydroxylation is 1. The molecule has 0 N–H and O–H groups in total. The van der Waals surface area contributed by atoms with Crippen molar-refractivity contribution in [1.82, 2.24) is 0 Å². The first kappa shape index (κ1) is 14.8. The molecule has 2 heteroatoms. The first-order valence-corrected chi connectivity index (χ1v) is 9.18. The molecule has 0 saturated carbocycles. The molecule has 1 aliphatic rings. The highest BCUT2D eigenvalue weighted by atomic mass is 79.9. The average Bonchev–Trinajstić information content (AvgIpc) is 2.91. The fraction of sp³-hybridized carbons (Fsp3) is 0.0476. The van der Waals surface area contributed by atoms with Gasteiger partial charge >= 0.3 is 0 Å². The Kier molecular flexibility index (Phi) is 3.88. The van der Waals surface area contributed by atoms with Gasteiger partial charge in [-0.25, -0.2) is 0 Å². The number of hydrogen-bond donors (Lipinski definition) is 0. The summed E-state index contributed by atoms with van der Waals surface area (Å²) in [7, 11) is 0. The molecule has 112 valence electrons. The summed E-state index contributed by atoms with van der Waals surface area (Å²) in [5.74, 6) is 0. The number of halogens is 1. The molecule has 0 unspecified atom stereocenters. The number of hydrogen-bond acceptors (Lipinski definition) is 1.